The van der Waals surface area contributed by atoms with E-state index in [9.17, 15) is 9.59 Å². The van der Waals surface area contributed by atoms with Crippen LogP contribution in [0.25, 0.3) is 10.9 Å². The van der Waals surface area contributed by atoms with Gasteiger partial charge in [-0.1, -0.05) is 60.3 Å². The third-order valence-corrected chi connectivity index (χ3v) is 4.89. The number of amides is 1. The van der Waals surface area contributed by atoms with Crippen LogP contribution in [0.1, 0.15) is 18.3 Å². The number of nitrogens with zero attached hydrogens (tertiary/aromatic N) is 2. The lowest BCUT2D eigenvalue weighted by Gasteiger charge is -2.09. The van der Waals surface area contributed by atoms with Gasteiger partial charge in [-0.25, -0.2) is 9.97 Å². The maximum absolute atomic E-state index is 12.1. The molecule has 144 valence electrons. The second-order valence-electron chi connectivity index (χ2n) is 5.99. The van der Waals surface area contributed by atoms with Crippen molar-refractivity contribution in [3.63, 3.8) is 0 Å². The molecule has 0 aliphatic rings. The van der Waals surface area contributed by atoms with Crippen LogP contribution < -0.4 is 5.32 Å². The van der Waals surface area contributed by atoms with Crippen LogP contribution in [0.5, 0.6) is 0 Å². The number of ether oxygens (including phenoxy) is 1. The van der Waals surface area contributed by atoms with E-state index in [4.69, 9.17) is 4.74 Å². The van der Waals surface area contributed by atoms with E-state index in [2.05, 4.69) is 15.3 Å². The minimum Gasteiger partial charge on any atom is -0.465 e. The molecular weight excluding hydrogens is 374 g/mol. The minimum atomic E-state index is -0.446. The van der Waals surface area contributed by atoms with Gasteiger partial charge in [-0.15, -0.1) is 0 Å². The highest BCUT2D eigenvalue weighted by Gasteiger charge is 2.12. The highest BCUT2D eigenvalue weighted by Crippen LogP contribution is 2.25. The zero-order valence-electron chi connectivity index (χ0n) is 15.6. The minimum absolute atomic E-state index is 0.128. The Morgan fingerprint density at radius 2 is 1.79 bits per heavy atom. The Bertz CT molecular complexity index is 964. The van der Waals surface area contributed by atoms with Crippen molar-refractivity contribution in [2.75, 3.05) is 18.9 Å². The molecule has 0 spiro atoms. The number of nitrogens with one attached hydrogen (secondary N) is 1. The van der Waals surface area contributed by atoms with E-state index in [1.54, 1.807) is 6.92 Å². The van der Waals surface area contributed by atoms with Gasteiger partial charge in [-0.3, -0.25) is 9.59 Å². The van der Waals surface area contributed by atoms with Crippen molar-refractivity contribution in [3.05, 3.63) is 66.0 Å². The van der Waals surface area contributed by atoms with Crippen LogP contribution in [0.3, 0.4) is 0 Å². The summed E-state index contributed by atoms with van der Waals surface area (Å²) in [5, 5.41) is 4.22. The van der Waals surface area contributed by atoms with Gasteiger partial charge in [0.2, 0.25) is 5.91 Å². The Morgan fingerprint density at radius 1 is 1.04 bits per heavy atom. The predicted molar refractivity (Wildman–Crippen MR) is 109 cm³/mol. The van der Waals surface area contributed by atoms with Gasteiger partial charge >= 0.3 is 5.97 Å². The first kappa shape index (κ1) is 19.8. The number of hydrogen-bond acceptors (Lipinski definition) is 6. The number of thioether (sulfide) groups is 1. The third kappa shape index (κ3) is 5.53. The van der Waals surface area contributed by atoms with Gasteiger partial charge < -0.3 is 10.1 Å². The lowest BCUT2D eigenvalue weighted by Crippen LogP contribution is -2.31. The molecule has 0 saturated carbocycles. The molecule has 1 heterocycles. The molecule has 28 heavy (non-hydrogen) atoms. The fourth-order valence-corrected chi connectivity index (χ4v) is 3.50. The van der Waals surface area contributed by atoms with Crippen LogP contribution in [-0.4, -0.2) is 40.7 Å². The van der Waals surface area contributed by atoms with Gasteiger partial charge in [-0.05, 0) is 18.6 Å². The first-order chi connectivity index (χ1) is 13.7. The van der Waals surface area contributed by atoms with E-state index < -0.39 is 5.97 Å². The molecule has 0 atom stereocenters. The average Bonchev–Trinajstić information content (AvgIpc) is 2.71. The Hall–Kier alpha value is -2.93. The molecule has 0 radical (unpaired) electrons. The molecule has 0 bridgehead atoms. The molecule has 0 aliphatic heterocycles. The number of hydrogen-bond donors (Lipinski definition) is 1. The lowest BCUT2D eigenvalue weighted by atomic mass is 10.1. The molecule has 1 N–H and O–H groups in total. The standard InChI is InChI=1S/C21H21N3O3S/c1-2-27-20(26)13-22-19(25)14-28-21-16-10-6-7-11-17(16)23-18(24-21)12-15-8-4-3-5-9-15/h3-11H,2,12-14H2,1H3,(H,22,25). The third-order valence-electron chi connectivity index (χ3n) is 3.89. The van der Waals surface area contributed by atoms with Gasteiger partial charge in [0.25, 0.3) is 0 Å². The van der Waals surface area contributed by atoms with Crippen LogP contribution in [0.4, 0.5) is 0 Å². The summed E-state index contributed by atoms with van der Waals surface area (Å²) in [6.07, 6.45) is 0.619. The van der Waals surface area contributed by atoms with Crippen molar-refractivity contribution in [1.82, 2.24) is 15.3 Å². The van der Waals surface area contributed by atoms with E-state index in [0.717, 1.165) is 21.5 Å². The van der Waals surface area contributed by atoms with Crippen LogP contribution in [-0.2, 0) is 20.7 Å². The van der Waals surface area contributed by atoms with Gasteiger partial charge in [0.05, 0.1) is 17.9 Å². The van der Waals surface area contributed by atoms with Gasteiger partial charge in [0.1, 0.15) is 17.4 Å². The highest BCUT2D eigenvalue weighted by atomic mass is 32.2. The fraction of sp³-hybridized carbons (Fsp3) is 0.238. The van der Waals surface area contributed by atoms with Crippen molar-refractivity contribution >= 4 is 34.5 Å². The van der Waals surface area contributed by atoms with E-state index in [1.807, 2.05) is 54.6 Å². The van der Waals surface area contributed by atoms with E-state index >= 15 is 0 Å². The molecule has 1 amide bonds. The van der Waals surface area contributed by atoms with Crippen molar-refractivity contribution in [2.24, 2.45) is 0 Å². The molecule has 0 aliphatic carbocycles. The normalized spacial score (nSPS) is 10.6. The molecule has 3 rings (SSSR count). The SMILES string of the molecule is CCOC(=O)CNC(=O)CSc1nc(Cc2ccccc2)nc2ccccc12. The summed E-state index contributed by atoms with van der Waals surface area (Å²) in [5.74, 6) is 0.175. The van der Waals surface area contributed by atoms with Crippen molar-refractivity contribution in [1.29, 1.82) is 0 Å². The van der Waals surface area contributed by atoms with Crippen LogP contribution in [0.15, 0.2) is 59.6 Å². The number of carbonyl (C=O) groups excluding carboxylic acids is 2. The van der Waals surface area contributed by atoms with Crippen molar-refractivity contribution in [2.45, 2.75) is 18.4 Å². The Labute approximate surface area is 167 Å². The summed E-state index contributed by atoms with van der Waals surface area (Å²) in [7, 11) is 0. The Morgan fingerprint density at radius 3 is 2.57 bits per heavy atom. The largest absolute Gasteiger partial charge is 0.465 e. The van der Waals surface area contributed by atoms with Crippen LogP contribution in [0, 0.1) is 0 Å². The molecule has 6 nitrogen and oxygen atoms in total. The molecule has 0 fully saturated rings. The molecule has 1 aromatic heterocycles. The van der Waals surface area contributed by atoms with Gasteiger partial charge in [0.15, 0.2) is 0 Å². The summed E-state index contributed by atoms with van der Waals surface area (Å²) in [6, 6.07) is 17.8. The average molecular weight is 395 g/mol. The fourth-order valence-electron chi connectivity index (χ4n) is 2.63. The monoisotopic (exact) mass is 395 g/mol. The number of carbonyl (C=O) groups is 2. The maximum atomic E-state index is 12.1. The summed E-state index contributed by atoms with van der Waals surface area (Å²) in [4.78, 5) is 32.7. The van der Waals surface area contributed by atoms with Gasteiger partial charge in [0, 0.05) is 11.8 Å². The highest BCUT2D eigenvalue weighted by molar-refractivity contribution is 8.00. The Balaban J connectivity index is 1.72. The van der Waals surface area contributed by atoms with E-state index in [-0.39, 0.29) is 18.2 Å². The zero-order valence-corrected chi connectivity index (χ0v) is 16.4. The second-order valence-corrected chi connectivity index (χ2v) is 6.96. The van der Waals surface area contributed by atoms with Crippen LogP contribution >= 0.6 is 11.8 Å². The molecule has 2 aromatic carbocycles. The molecule has 0 unspecified atom stereocenters. The smallest absolute Gasteiger partial charge is 0.325 e. The number of aromatic nitrogens is 2. The predicted octanol–water partition coefficient (Wildman–Crippen LogP) is 2.99. The molecular formula is C21H21N3O3S. The second kappa shape index (κ2) is 9.85. The zero-order chi connectivity index (χ0) is 19.8. The molecule has 0 saturated heterocycles. The lowest BCUT2D eigenvalue weighted by molar-refractivity contribution is -0.143. The maximum Gasteiger partial charge on any atom is 0.325 e. The first-order valence-corrected chi connectivity index (χ1v) is 9.99. The summed E-state index contributed by atoms with van der Waals surface area (Å²) < 4.78 is 4.80. The topological polar surface area (TPSA) is 81.2 Å². The summed E-state index contributed by atoms with van der Waals surface area (Å²) >= 11 is 1.33. The van der Waals surface area contributed by atoms with Crippen molar-refractivity contribution < 1.29 is 14.3 Å². The molecule has 7 heteroatoms. The quantitative estimate of drug-likeness (QED) is 0.359. The number of para-hydroxylation sites is 1. The first-order valence-electron chi connectivity index (χ1n) is 9.00. The number of rotatable bonds is 8. The van der Waals surface area contributed by atoms with Gasteiger partial charge in [-0.2, -0.15) is 0 Å². The molecule has 3 aromatic rings. The summed E-state index contributed by atoms with van der Waals surface area (Å²) in [5.41, 5.74) is 1.97. The number of fused-ring (bicyclic) bond motifs is 1. The van der Waals surface area contributed by atoms with Crippen molar-refractivity contribution in [3.8, 4) is 0 Å². The van der Waals surface area contributed by atoms with E-state index in [1.165, 1.54) is 11.8 Å². The Kier molecular flexibility index (Phi) is 6.97. The van der Waals surface area contributed by atoms with Crippen LogP contribution in [0.2, 0.25) is 0 Å². The summed E-state index contributed by atoms with van der Waals surface area (Å²) in [6.45, 7) is 1.89. The number of esters is 1. The van der Waals surface area contributed by atoms with E-state index in [0.29, 0.717) is 18.9 Å². The number of benzene rings is 2.